The lowest BCUT2D eigenvalue weighted by Crippen LogP contribution is -2.30. The highest BCUT2D eigenvalue weighted by Crippen LogP contribution is 2.34. The zero-order valence-corrected chi connectivity index (χ0v) is 20.0. The number of benzene rings is 2. The minimum Gasteiger partial charge on any atom is -0.495 e. The van der Waals surface area contributed by atoms with E-state index in [9.17, 15) is 13.2 Å². The highest BCUT2D eigenvalue weighted by atomic mass is 32.2. The third-order valence-electron chi connectivity index (χ3n) is 4.17. The van der Waals surface area contributed by atoms with Crippen LogP contribution in [0.2, 0.25) is 0 Å². The van der Waals surface area contributed by atoms with Crippen LogP contribution >= 0.6 is 11.8 Å². The molecule has 2 N–H and O–H groups in total. The van der Waals surface area contributed by atoms with Crippen LogP contribution in [0.5, 0.6) is 17.2 Å². The molecule has 0 aliphatic heterocycles. The van der Waals surface area contributed by atoms with Gasteiger partial charge in [0.1, 0.15) is 5.75 Å². The molecule has 2 aromatic carbocycles. The number of anilines is 1. The Hall–Kier alpha value is -2.43. The molecule has 170 valence electrons. The van der Waals surface area contributed by atoms with Crippen LogP contribution in [0, 0.1) is 0 Å². The summed E-state index contributed by atoms with van der Waals surface area (Å²) in [5, 5.41) is 2.29. The Morgan fingerprint density at radius 1 is 0.903 bits per heavy atom. The fourth-order valence-corrected chi connectivity index (χ4v) is 4.88. The third-order valence-corrected chi connectivity index (χ3v) is 6.92. The van der Waals surface area contributed by atoms with Gasteiger partial charge in [0.05, 0.1) is 37.2 Å². The first-order valence-electron chi connectivity index (χ1n) is 9.51. The van der Waals surface area contributed by atoms with Crippen molar-refractivity contribution in [2.45, 2.75) is 41.9 Å². The van der Waals surface area contributed by atoms with Crippen molar-refractivity contribution in [1.29, 1.82) is 0 Å². The average molecular weight is 469 g/mol. The van der Waals surface area contributed by atoms with Gasteiger partial charge >= 0.3 is 0 Å². The fourth-order valence-electron chi connectivity index (χ4n) is 2.71. The lowest BCUT2D eigenvalue weighted by molar-refractivity contribution is -0.115. The van der Waals surface area contributed by atoms with E-state index in [1.165, 1.54) is 37.1 Å². The lowest BCUT2D eigenvalue weighted by Gasteiger charge is -2.16. The van der Waals surface area contributed by atoms with Gasteiger partial charge in [-0.25, -0.2) is 13.1 Å². The molecule has 0 fully saturated rings. The molecule has 1 amide bonds. The second kappa shape index (κ2) is 10.7. The van der Waals surface area contributed by atoms with Crippen LogP contribution in [0.15, 0.2) is 46.2 Å². The number of carbonyl (C=O) groups excluding carboxylic acids is 1. The average Bonchev–Trinajstić information content (AvgIpc) is 2.72. The zero-order valence-electron chi connectivity index (χ0n) is 18.4. The van der Waals surface area contributed by atoms with Gasteiger partial charge in [-0.1, -0.05) is 0 Å². The van der Waals surface area contributed by atoms with E-state index >= 15 is 0 Å². The van der Waals surface area contributed by atoms with Crippen molar-refractivity contribution < 1.29 is 27.4 Å². The molecular formula is C21H28N2O6S2. The van der Waals surface area contributed by atoms with Crippen molar-refractivity contribution in [3.8, 4) is 17.2 Å². The third kappa shape index (κ3) is 6.52. The van der Waals surface area contributed by atoms with Crippen LogP contribution in [0.4, 0.5) is 5.69 Å². The summed E-state index contributed by atoms with van der Waals surface area (Å²) in [6.07, 6.45) is 0. The Kier molecular flexibility index (Phi) is 8.60. The van der Waals surface area contributed by atoms with Crippen LogP contribution in [0.1, 0.15) is 20.8 Å². The zero-order chi connectivity index (χ0) is 23.2. The first-order chi connectivity index (χ1) is 14.6. The SMILES string of the molecule is COc1ccc(S(=O)(=O)NC(C)C)cc1NC(=O)[C@@H](C)Sc1ccc(OC)c(OC)c1. The van der Waals surface area contributed by atoms with Gasteiger partial charge in [0, 0.05) is 10.9 Å². The second-order valence-electron chi connectivity index (χ2n) is 6.90. The molecule has 0 aliphatic carbocycles. The van der Waals surface area contributed by atoms with Gasteiger partial charge in [-0.15, -0.1) is 11.8 Å². The van der Waals surface area contributed by atoms with Gasteiger partial charge in [0.25, 0.3) is 0 Å². The predicted molar refractivity (Wildman–Crippen MR) is 122 cm³/mol. The largest absolute Gasteiger partial charge is 0.495 e. The summed E-state index contributed by atoms with van der Waals surface area (Å²) in [6.45, 7) is 5.22. The van der Waals surface area contributed by atoms with Crippen molar-refractivity contribution in [2.75, 3.05) is 26.6 Å². The van der Waals surface area contributed by atoms with Gasteiger partial charge in [-0.2, -0.15) is 0 Å². The number of rotatable bonds is 10. The lowest BCUT2D eigenvalue weighted by atomic mass is 10.3. The molecule has 31 heavy (non-hydrogen) atoms. The first-order valence-corrected chi connectivity index (χ1v) is 11.9. The minimum absolute atomic E-state index is 0.0393. The Bertz CT molecular complexity index is 1020. The number of nitrogens with one attached hydrogen (secondary N) is 2. The second-order valence-corrected chi connectivity index (χ2v) is 10.0. The molecule has 0 saturated carbocycles. The summed E-state index contributed by atoms with van der Waals surface area (Å²) in [4.78, 5) is 13.7. The quantitative estimate of drug-likeness (QED) is 0.514. The predicted octanol–water partition coefficient (Wildman–Crippen LogP) is 3.52. The van der Waals surface area contributed by atoms with Gasteiger partial charge in [0.2, 0.25) is 15.9 Å². The van der Waals surface area contributed by atoms with Crippen LogP contribution in [0.25, 0.3) is 0 Å². The van der Waals surface area contributed by atoms with Gasteiger partial charge in [-0.3, -0.25) is 4.79 Å². The van der Waals surface area contributed by atoms with E-state index in [1.807, 2.05) is 6.07 Å². The molecule has 2 rings (SSSR count). The Labute approximate surface area is 187 Å². The number of amides is 1. The summed E-state index contributed by atoms with van der Waals surface area (Å²) >= 11 is 1.33. The molecule has 2 aromatic rings. The number of methoxy groups -OCH3 is 3. The maximum Gasteiger partial charge on any atom is 0.240 e. The molecule has 0 aliphatic rings. The van der Waals surface area contributed by atoms with E-state index in [0.717, 1.165) is 4.90 Å². The number of ether oxygens (including phenoxy) is 3. The van der Waals surface area contributed by atoms with Crippen molar-refractivity contribution in [3.05, 3.63) is 36.4 Å². The van der Waals surface area contributed by atoms with Crippen LogP contribution in [-0.2, 0) is 14.8 Å². The van der Waals surface area contributed by atoms with E-state index in [0.29, 0.717) is 17.2 Å². The van der Waals surface area contributed by atoms with Gasteiger partial charge < -0.3 is 19.5 Å². The highest BCUT2D eigenvalue weighted by Gasteiger charge is 2.21. The fraction of sp³-hybridized carbons (Fsp3) is 0.381. The Morgan fingerprint density at radius 2 is 1.52 bits per heavy atom. The van der Waals surface area contributed by atoms with Crippen LogP contribution in [0.3, 0.4) is 0 Å². The summed E-state index contributed by atoms with van der Waals surface area (Å²) in [6, 6.07) is 9.46. The normalized spacial score (nSPS) is 12.4. The van der Waals surface area contributed by atoms with Crippen molar-refractivity contribution in [3.63, 3.8) is 0 Å². The molecule has 0 radical (unpaired) electrons. The van der Waals surface area contributed by atoms with E-state index < -0.39 is 15.3 Å². The Balaban J connectivity index is 2.21. The van der Waals surface area contributed by atoms with Crippen LogP contribution < -0.4 is 24.2 Å². The molecule has 1 atom stereocenters. The molecule has 0 bridgehead atoms. The molecule has 0 saturated heterocycles. The summed E-state index contributed by atoms with van der Waals surface area (Å²) in [7, 11) is 0.838. The molecule has 0 spiro atoms. The molecule has 0 aromatic heterocycles. The van der Waals surface area contributed by atoms with Crippen LogP contribution in [-0.4, -0.2) is 46.9 Å². The standard InChI is InChI=1S/C21H28N2O6S2/c1-13(2)23-31(25,26)16-8-10-18(27-4)17(12-16)22-21(24)14(3)30-15-7-9-19(28-5)20(11-15)29-6/h7-14,23H,1-6H3,(H,22,24)/t14-/m1/s1. The van der Waals surface area contributed by atoms with Crippen molar-refractivity contribution >= 4 is 33.4 Å². The Morgan fingerprint density at radius 3 is 2.10 bits per heavy atom. The van der Waals surface area contributed by atoms with E-state index in [1.54, 1.807) is 47.1 Å². The summed E-state index contributed by atoms with van der Waals surface area (Å²) in [5.74, 6) is 1.23. The van der Waals surface area contributed by atoms with Crippen molar-refractivity contribution in [1.82, 2.24) is 4.72 Å². The molecular weight excluding hydrogens is 440 g/mol. The number of thioether (sulfide) groups is 1. The summed E-state index contributed by atoms with van der Waals surface area (Å²) in [5.41, 5.74) is 0.277. The number of sulfonamides is 1. The maximum absolute atomic E-state index is 12.8. The molecule has 10 heteroatoms. The molecule has 0 heterocycles. The molecule has 8 nitrogen and oxygen atoms in total. The number of hydrogen-bond acceptors (Lipinski definition) is 7. The first kappa shape index (κ1) is 24.8. The number of hydrogen-bond donors (Lipinski definition) is 2. The van der Waals surface area contributed by atoms with Crippen molar-refractivity contribution in [2.24, 2.45) is 0 Å². The van der Waals surface area contributed by atoms with E-state index in [4.69, 9.17) is 14.2 Å². The number of carbonyl (C=O) groups is 1. The minimum atomic E-state index is -3.71. The van der Waals surface area contributed by atoms with Gasteiger partial charge in [0.15, 0.2) is 11.5 Å². The summed E-state index contributed by atoms with van der Waals surface area (Å²) < 4.78 is 43.3. The van der Waals surface area contributed by atoms with E-state index in [-0.39, 0.29) is 22.5 Å². The van der Waals surface area contributed by atoms with Gasteiger partial charge in [-0.05, 0) is 57.2 Å². The monoisotopic (exact) mass is 468 g/mol. The maximum atomic E-state index is 12.8. The highest BCUT2D eigenvalue weighted by molar-refractivity contribution is 8.00. The smallest absolute Gasteiger partial charge is 0.240 e. The van der Waals surface area contributed by atoms with E-state index in [2.05, 4.69) is 10.0 Å². The molecule has 0 unspecified atom stereocenters. The topological polar surface area (TPSA) is 103 Å².